The Morgan fingerprint density at radius 1 is 1.06 bits per heavy atom. The van der Waals surface area contributed by atoms with Gasteiger partial charge in [0.25, 0.3) is 0 Å². The van der Waals surface area contributed by atoms with Crippen molar-refractivity contribution in [2.24, 2.45) is 11.8 Å². The molecule has 0 aromatic heterocycles. The van der Waals surface area contributed by atoms with Crippen molar-refractivity contribution in [3.8, 4) is 0 Å². The van der Waals surface area contributed by atoms with Crippen LogP contribution >= 0.6 is 0 Å². The number of esters is 3. The fourth-order valence-corrected chi connectivity index (χ4v) is 3.87. The van der Waals surface area contributed by atoms with Crippen LogP contribution in [0.25, 0.3) is 0 Å². The second kappa shape index (κ2) is 11.7. The highest BCUT2D eigenvalue weighted by atomic mass is 16.8. The number of carbonyl (C=O) groups is 3. The summed E-state index contributed by atoms with van der Waals surface area (Å²) in [5, 5.41) is 39.7. The van der Waals surface area contributed by atoms with Gasteiger partial charge in [-0.05, 0) is 6.92 Å². The smallest absolute Gasteiger partial charge is 0.337 e. The third kappa shape index (κ3) is 6.19. The first-order valence-electron chi connectivity index (χ1n) is 10.2. The van der Waals surface area contributed by atoms with Gasteiger partial charge in [-0.2, -0.15) is 0 Å². The Kier molecular flexibility index (Phi) is 9.57. The lowest BCUT2D eigenvalue weighted by molar-refractivity contribution is -0.345. The van der Waals surface area contributed by atoms with Crippen molar-refractivity contribution in [2.45, 2.75) is 63.4 Å². The topological polar surface area (TPSA) is 188 Å². The molecule has 0 amide bonds. The molecule has 2 rings (SSSR count). The van der Waals surface area contributed by atoms with Crippen molar-refractivity contribution in [3.05, 3.63) is 11.8 Å². The molecule has 188 valence electrons. The summed E-state index contributed by atoms with van der Waals surface area (Å²) in [7, 11) is 2.30. The molecule has 0 aromatic rings. The molecule has 0 aromatic carbocycles. The molecule has 13 heteroatoms. The molecular weight excluding hydrogens is 448 g/mol. The molecule has 0 bridgehead atoms. The summed E-state index contributed by atoms with van der Waals surface area (Å²) >= 11 is 0. The fraction of sp³-hybridized carbons (Fsp3) is 0.750. The Labute approximate surface area is 189 Å². The quantitative estimate of drug-likeness (QED) is 0.221. The van der Waals surface area contributed by atoms with Gasteiger partial charge in [0, 0.05) is 12.8 Å². The van der Waals surface area contributed by atoms with E-state index in [-0.39, 0.29) is 12.0 Å². The van der Waals surface area contributed by atoms with E-state index >= 15 is 0 Å². The molecule has 9 atom stereocenters. The van der Waals surface area contributed by atoms with Gasteiger partial charge in [-0.3, -0.25) is 9.59 Å². The van der Waals surface area contributed by atoms with Gasteiger partial charge in [-0.25, -0.2) is 4.79 Å². The van der Waals surface area contributed by atoms with Crippen LogP contribution < -0.4 is 0 Å². The van der Waals surface area contributed by atoms with Gasteiger partial charge in [-0.15, -0.1) is 0 Å². The van der Waals surface area contributed by atoms with Crippen molar-refractivity contribution in [3.63, 3.8) is 0 Å². The van der Waals surface area contributed by atoms with Crippen LogP contribution in [0.3, 0.4) is 0 Å². The van der Waals surface area contributed by atoms with E-state index in [1.165, 1.54) is 13.8 Å². The van der Waals surface area contributed by atoms with E-state index < -0.39 is 79.5 Å². The van der Waals surface area contributed by atoms with Crippen molar-refractivity contribution < 1.29 is 63.2 Å². The number of ether oxygens (including phenoxy) is 6. The SMILES string of the molecule is COC(=O)CC1C(C(=O)OC)=COC(O[C@@H]2O[C@H](CO)[C@@H](O)[C@H](O)[C@H]2O)C1[C@H](C)OC(C)=O. The first-order chi connectivity index (χ1) is 15.5. The highest BCUT2D eigenvalue weighted by Gasteiger charge is 2.50. The summed E-state index contributed by atoms with van der Waals surface area (Å²) in [4.78, 5) is 36.0. The van der Waals surface area contributed by atoms with Crippen LogP contribution in [0.5, 0.6) is 0 Å². The molecule has 0 saturated carbocycles. The van der Waals surface area contributed by atoms with E-state index in [0.29, 0.717) is 0 Å². The molecule has 1 fully saturated rings. The molecule has 2 aliphatic heterocycles. The van der Waals surface area contributed by atoms with Crippen LogP contribution in [0, 0.1) is 11.8 Å². The van der Waals surface area contributed by atoms with Crippen LogP contribution in [-0.2, 0) is 42.8 Å². The molecule has 0 aliphatic carbocycles. The normalized spacial score (nSPS) is 35.0. The minimum atomic E-state index is -1.74. The predicted octanol–water partition coefficient (Wildman–Crippen LogP) is -2.04. The second-order valence-corrected chi connectivity index (χ2v) is 7.68. The molecule has 33 heavy (non-hydrogen) atoms. The van der Waals surface area contributed by atoms with Gasteiger partial charge in [0.05, 0.1) is 45.0 Å². The molecule has 2 aliphatic rings. The number of hydrogen-bond donors (Lipinski definition) is 4. The molecule has 13 nitrogen and oxygen atoms in total. The lowest BCUT2D eigenvalue weighted by Gasteiger charge is -2.44. The van der Waals surface area contributed by atoms with Gasteiger partial charge in [0.1, 0.15) is 30.5 Å². The van der Waals surface area contributed by atoms with Gasteiger partial charge < -0.3 is 48.8 Å². The van der Waals surface area contributed by atoms with E-state index in [0.717, 1.165) is 20.5 Å². The molecule has 2 heterocycles. The first kappa shape index (κ1) is 27.0. The Bertz CT molecular complexity index is 735. The van der Waals surface area contributed by atoms with Crippen LogP contribution in [-0.4, -0.2) is 102 Å². The van der Waals surface area contributed by atoms with Crippen molar-refractivity contribution >= 4 is 17.9 Å². The van der Waals surface area contributed by atoms with Crippen LogP contribution in [0.2, 0.25) is 0 Å². The van der Waals surface area contributed by atoms with E-state index in [2.05, 4.69) is 0 Å². The van der Waals surface area contributed by atoms with Crippen LogP contribution in [0.15, 0.2) is 11.8 Å². The number of methoxy groups -OCH3 is 2. The summed E-state index contributed by atoms with van der Waals surface area (Å²) in [6, 6.07) is 0. The van der Waals surface area contributed by atoms with Crippen molar-refractivity contribution in [1.82, 2.24) is 0 Å². The van der Waals surface area contributed by atoms with Gasteiger partial charge in [0.15, 0.2) is 6.29 Å². The monoisotopic (exact) mass is 478 g/mol. The number of rotatable bonds is 8. The maximum Gasteiger partial charge on any atom is 0.337 e. The predicted molar refractivity (Wildman–Crippen MR) is 105 cm³/mol. The van der Waals surface area contributed by atoms with Gasteiger partial charge >= 0.3 is 17.9 Å². The highest BCUT2D eigenvalue weighted by molar-refractivity contribution is 5.90. The number of hydrogen-bond acceptors (Lipinski definition) is 13. The number of carbonyl (C=O) groups excluding carboxylic acids is 3. The van der Waals surface area contributed by atoms with Gasteiger partial charge in [-0.1, -0.05) is 0 Å². The Morgan fingerprint density at radius 2 is 1.73 bits per heavy atom. The highest BCUT2D eigenvalue weighted by Crippen LogP contribution is 2.39. The lowest BCUT2D eigenvalue weighted by atomic mass is 9.78. The summed E-state index contributed by atoms with van der Waals surface area (Å²) in [5.74, 6) is -4.08. The largest absolute Gasteiger partial charge is 0.471 e. The zero-order valence-corrected chi connectivity index (χ0v) is 18.7. The number of aliphatic hydroxyl groups excluding tert-OH is 4. The maximum atomic E-state index is 12.3. The summed E-state index contributed by atoms with van der Waals surface area (Å²) in [5.41, 5.74) is -0.0412. The maximum absolute atomic E-state index is 12.3. The molecule has 1 saturated heterocycles. The average Bonchev–Trinajstić information content (AvgIpc) is 2.78. The summed E-state index contributed by atoms with van der Waals surface area (Å²) in [6.07, 6.45) is -9.51. The van der Waals surface area contributed by atoms with Gasteiger partial charge in [0.2, 0.25) is 6.29 Å². The van der Waals surface area contributed by atoms with Crippen molar-refractivity contribution in [1.29, 1.82) is 0 Å². The van der Waals surface area contributed by atoms with Crippen LogP contribution in [0.1, 0.15) is 20.3 Å². The van der Waals surface area contributed by atoms with E-state index in [9.17, 15) is 34.8 Å². The summed E-state index contributed by atoms with van der Waals surface area (Å²) < 4.78 is 31.3. The second-order valence-electron chi connectivity index (χ2n) is 7.68. The Morgan fingerprint density at radius 3 is 2.27 bits per heavy atom. The fourth-order valence-electron chi connectivity index (χ4n) is 3.87. The molecule has 4 N–H and O–H groups in total. The van der Waals surface area contributed by atoms with Crippen molar-refractivity contribution in [2.75, 3.05) is 20.8 Å². The van der Waals surface area contributed by atoms with E-state index in [1.807, 2.05) is 0 Å². The summed E-state index contributed by atoms with van der Waals surface area (Å²) in [6.45, 7) is 1.98. The molecular formula is C20H30O13. The average molecular weight is 478 g/mol. The lowest BCUT2D eigenvalue weighted by Crippen LogP contribution is -2.60. The zero-order chi connectivity index (χ0) is 24.9. The third-order valence-electron chi connectivity index (χ3n) is 5.55. The minimum Gasteiger partial charge on any atom is -0.471 e. The Hall–Kier alpha value is -2.29. The minimum absolute atomic E-state index is 0.0412. The molecule has 0 radical (unpaired) electrons. The third-order valence-corrected chi connectivity index (χ3v) is 5.55. The molecule has 3 unspecified atom stereocenters. The van der Waals surface area contributed by atoms with E-state index in [4.69, 9.17) is 28.4 Å². The standard InChI is InChI=1S/C20H30O13/c1-8(31-9(2)22)14-10(5-13(23)28-3)11(18(27)29-4)7-30-19(14)33-20-17(26)16(25)15(24)12(6-21)32-20/h7-8,10,12,14-17,19-21,24-26H,5-6H2,1-4H3/t8-,10?,12+,14?,15+,16-,17+,19?,20-/m0/s1. The van der Waals surface area contributed by atoms with E-state index in [1.54, 1.807) is 0 Å². The van der Waals surface area contributed by atoms with Crippen LogP contribution in [0.4, 0.5) is 0 Å². The zero-order valence-electron chi connectivity index (χ0n) is 18.7. The number of aliphatic hydroxyl groups is 4. The molecule has 0 spiro atoms. The Balaban J connectivity index is 2.41. The first-order valence-corrected chi connectivity index (χ1v) is 10.2.